The molecule has 0 bridgehead atoms. The maximum absolute atomic E-state index is 5.69. The molecule has 1 aliphatic heterocycles. The average molecular weight is 153 g/mol. The van der Waals surface area contributed by atoms with E-state index in [4.69, 9.17) is 5.73 Å². The number of hydrogen-bond donors (Lipinski definition) is 2. The van der Waals surface area contributed by atoms with Gasteiger partial charge in [-0.25, -0.2) is 0 Å². The fraction of sp³-hybridized carbons (Fsp3) is 0.625. The van der Waals surface area contributed by atoms with Crippen molar-refractivity contribution >= 4 is 6.21 Å². The number of nitrogens with zero attached hydrogens (tertiary/aromatic N) is 1. The molecule has 3 N–H and O–H groups in total. The van der Waals surface area contributed by atoms with Crippen LogP contribution in [0.5, 0.6) is 0 Å². The topological polar surface area (TPSA) is 50.4 Å². The number of hydrogen-bond acceptors (Lipinski definition) is 3. The summed E-state index contributed by atoms with van der Waals surface area (Å²) in [6.45, 7) is 5.77. The molecule has 11 heavy (non-hydrogen) atoms. The maximum Gasteiger partial charge on any atom is 0.0443 e. The van der Waals surface area contributed by atoms with Crippen LogP contribution in [0, 0.1) is 0 Å². The highest BCUT2D eigenvalue weighted by Gasteiger charge is 2.07. The number of rotatable bonds is 2. The quantitative estimate of drug-likeness (QED) is 0.560. The normalized spacial score (nSPS) is 19.2. The summed E-state index contributed by atoms with van der Waals surface area (Å²) >= 11 is 0. The molecule has 0 aromatic rings. The van der Waals surface area contributed by atoms with E-state index in [9.17, 15) is 0 Å². The average Bonchev–Trinajstić information content (AvgIpc) is 2.31. The minimum atomic E-state index is 0.357. The van der Waals surface area contributed by atoms with Crippen molar-refractivity contribution in [2.75, 3.05) is 13.1 Å². The first-order valence-electron chi connectivity index (χ1n) is 3.91. The zero-order chi connectivity index (χ0) is 8.27. The second kappa shape index (κ2) is 3.53. The smallest absolute Gasteiger partial charge is 0.0443 e. The lowest BCUT2D eigenvalue weighted by Crippen LogP contribution is -2.11. The molecule has 0 amide bonds. The molecule has 1 rings (SSSR count). The summed E-state index contributed by atoms with van der Waals surface area (Å²) in [6, 6.07) is 0.357. The predicted molar refractivity (Wildman–Crippen MR) is 47.7 cm³/mol. The molecule has 0 radical (unpaired) electrons. The number of nitrogens with two attached hydrogens (primary N) is 1. The second-order valence-electron chi connectivity index (χ2n) is 3.03. The maximum atomic E-state index is 5.69. The summed E-state index contributed by atoms with van der Waals surface area (Å²) < 4.78 is 0. The van der Waals surface area contributed by atoms with Crippen molar-refractivity contribution in [3.8, 4) is 0 Å². The van der Waals surface area contributed by atoms with E-state index in [0.717, 1.165) is 24.4 Å². The van der Waals surface area contributed by atoms with Crippen LogP contribution in [-0.4, -0.2) is 25.3 Å². The second-order valence-corrected chi connectivity index (χ2v) is 3.03. The van der Waals surface area contributed by atoms with E-state index in [1.807, 2.05) is 6.21 Å². The molecule has 0 unspecified atom stereocenters. The highest BCUT2D eigenvalue weighted by molar-refractivity contribution is 5.81. The van der Waals surface area contributed by atoms with Crippen LogP contribution in [-0.2, 0) is 0 Å². The number of nitrogens with one attached hydrogen (secondary N) is 1. The van der Waals surface area contributed by atoms with E-state index in [2.05, 4.69) is 24.2 Å². The Morgan fingerprint density at radius 2 is 2.27 bits per heavy atom. The SMILES string of the molecule is CC(C)N=CC1=C(N)CNC1. The van der Waals surface area contributed by atoms with Gasteiger partial charge in [0.25, 0.3) is 0 Å². The summed E-state index contributed by atoms with van der Waals surface area (Å²) in [4.78, 5) is 4.25. The Morgan fingerprint density at radius 3 is 2.73 bits per heavy atom. The van der Waals surface area contributed by atoms with Gasteiger partial charge in [-0.2, -0.15) is 0 Å². The van der Waals surface area contributed by atoms with Crippen LogP contribution in [0.1, 0.15) is 13.8 Å². The Balaban J connectivity index is 2.54. The molecule has 3 nitrogen and oxygen atoms in total. The fourth-order valence-corrected chi connectivity index (χ4v) is 0.926. The summed E-state index contributed by atoms with van der Waals surface area (Å²) in [5.41, 5.74) is 7.75. The molecule has 3 heteroatoms. The molecule has 0 aromatic carbocycles. The molecule has 1 aliphatic rings. The molecule has 62 valence electrons. The Morgan fingerprint density at radius 1 is 1.55 bits per heavy atom. The van der Waals surface area contributed by atoms with Gasteiger partial charge in [0.05, 0.1) is 0 Å². The van der Waals surface area contributed by atoms with Crippen molar-refractivity contribution in [2.24, 2.45) is 10.7 Å². The highest BCUT2D eigenvalue weighted by Crippen LogP contribution is 2.01. The van der Waals surface area contributed by atoms with Crippen molar-refractivity contribution < 1.29 is 0 Å². The van der Waals surface area contributed by atoms with E-state index in [-0.39, 0.29) is 0 Å². The van der Waals surface area contributed by atoms with Gasteiger partial charge in [-0.15, -0.1) is 0 Å². The van der Waals surface area contributed by atoms with Gasteiger partial charge >= 0.3 is 0 Å². The van der Waals surface area contributed by atoms with E-state index in [1.54, 1.807) is 0 Å². The van der Waals surface area contributed by atoms with Gasteiger partial charge in [0.2, 0.25) is 0 Å². The van der Waals surface area contributed by atoms with Gasteiger partial charge in [0.15, 0.2) is 0 Å². The van der Waals surface area contributed by atoms with E-state index in [1.165, 1.54) is 0 Å². The number of aliphatic imine (C=N–C) groups is 1. The minimum Gasteiger partial charge on any atom is -0.401 e. The van der Waals surface area contributed by atoms with Gasteiger partial charge in [-0.1, -0.05) is 0 Å². The molecular weight excluding hydrogens is 138 g/mol. The molecule has 1 heterocycles. The first-order valence-corrected chi connectivity index (χ1v) is 3.91. The molecular formula is C8H15N3. The molecule has 0 atom stereocenters. The van der Waals surface area contributed by atoms with Gasteiger partial charge in [-0.05, 0) is 13.8 Å². The van der Waals surface area contributed by atoms with E-state index >= 15 is 0 Å². The third-order valence-corrected chi connectivity index (χ3v) is 1.57. The Kier molecular flexibility index (Phi) is 2.65. The molecule has 0 spiro atoms. The summed E-state index contributed by atoms with van der Waals surface area (Å²) in [5, 5.41) is 3.16. The van der Waals surface area contributed by atoms with Crippen molar-refractivity contribution in [2.45, 2.75) is 19.9 Å². The van der Waals surface area contributed by atoms with Crippen LogP contribution < -0.4 is 11.1 Å². The summed E-state index contributed by atoms with van der Waals surface area (Å²) in [5.74, 6) is 0. The third kappa shape index (κ3) is 2.35. The minimum absolute atomic E-state index is 0.357. The lowest BCUT2D eigenvalue weighted by molar-refractivity contribution is 0.837. The Bertz CT molecular complexity index is 192. The van der Waals surface area contributed by atoms with Crippen LogP contribution in [0.2, 0.25) is 0 Å². The monoisotopic (exact) mass is 153 g/mol. The molecule has 0 aromatic heterocycles. The highest BCUT2D eigenvalue weighted by atomic mass is 14.9. The van der Waals surface area contributed by atoms with Crippen LogP contribution >= 0.6 is 0 Å². The van der Waals surface area contributed by atoms with Gasteiger partial charge < -0.3 is 11.1 Å². The third-order valence-electron chi connectivity index (χ3n) is 1.57. The Hall–Kier alpha value is -0.830. The van der Waals surface area contributed by atoms with E-state index < -0.39 is 0 Å². The van der Waals surface area contributed by atoms with Gasteiger partial charge in [0, 0.05) is 36.6 Å². The van der Waals surface area contributed by atoms with Crippen LogP contribution in [0.3, 0.4) is 0 Å². The van der Waals surface area contributed by atoms with Crippen molar-refractivity contribution in [3.63, 3.8) is 0 Å². The molecule has 0 saturated heterocycles. The van der Waals surface area contributed by atoms with Crippen molar-refractivity contribution in [3.05, 3.63) is 11.3 Å². The van der Waals surface area contributed by atoms with Crippen LogP contribution in [0.15, 0.2) is 16.3 Å². The standard InChI is InChI=1S/C8H15N3/c1-6(2)11-4-7-3-10-5-8(7)9/h4,6,10H,3,5,9H2,1-2H3. The first kappa shape index (κ1) is 8.27. The molecule has 0 fully saturated rings. The Labute approximate surface area is 67.4 Å². The summed E-state index contributed by atoms with van der Waals surface area (Å²) in [7, 11) is 0. The largest absolute Gasteiger partial charge is 0.401 e. The zero-order valence-electron chi connectivity index (χ0n) is 7.09. The fourth-order valence-electron chi connectivity index (χ4n) is 0.926. The predicted octanol–water partition coefficient (Wildman–Crippen LogP) is 0.282. The lowest BCUT2D eigenvalue weighted by Gasteiger charge is -1.96. The van der Waals surface area contributed by atoms with Crippen LogP contribution in [0.4, 0.5) is 0 Å². The van der Waals surface area contributed by atoms with Crippen molar-refractivity contribution in [1.29, 1.82) is 0 Å². The van der Waals surface area contributed by atoms with E-state index in [0.29, 0.717) is 6.04 Å². The first-order chi connectivity index (χ1) is 5.20. The van der Waals surface area contributed by atoms with Gasteiger partial charge in [-0.3, -0.25) is 4.99 Å². The van der Waals surface area contributed by atoms with Gasteiger partial charge in [0.1, 0.15) is 0 Å². The zero-order valence-corrected chi connectivity index (χ0v) is 7.09. The van der Waals surface area contributed by atoms with Crippen LogP contribution in [0.25, 0.3) is 0 Å². The van der Waals surface area contributed by atoms with Crippen molar-refractivity contribution in [1.82, 2.24) is 5.32 Å². The summed E-state index contributed by atoms with van der Waals surface area (Å²) in [6.07, 6.45) is 1.88. The molecule has 0 aliphatic carbocycles. The molecule has 0 saturated carbocycles. The lowest BCUT2D eigenvalue weighted by atomic mass is 10.2.